The Bertz CT molecular complexity index is 578. The first kappa shape index (κ1) is 13.8. The van der Waals surface area contributed by atoms with Gasteiger partial charge in [-0.2, -0.15) is 4.98 Å². The highest BCUT2D eigenvalue weighted by atomic mass is 79.9. The van der Waals surface area contributed by atoms with Gasteiger partial charge >= 0.3 is 0 Å². The third kappa shape index (κ3) is 3.02. The lowest BCUT2D eigenvalue weighted by molar-refractivity contribution is 0.206. The molecule has 1 unspecified atom stereocenters. The first-order valence-corrected chi connectivity index (χ1v) is 6.33. The van der Waals surface area contributed by atoms with E-state index >= 15 is 0 Å². The molecule has 0 fully saturated rings. The topological polar surface area (TPSA) is 64.5 Å². The van der Waals surface area contributed by atoms with Gasteiger partial charge in [0.15, 0.2) is 0 Å². The van der Waals surface area contributed by atoms with Gasteiger partial charge in [0.2, 0.25) is 11.8 Å². The summed E-state index contributed by atoms with van der Waals surface area (Å²) in [5.41, 5.74) is 1.05. The van der Waals surface area contributed by atoms with Crippen LogP contribution in [0.4, 0.5) is 0 Å². The summed E-state index contributed by atoms with van der Waals surface area (Å²) in [7, 11) is 2.97. The smallest absolute Gasteiger partial charge is 0.241 e. The maximum atomic E-state index is 10.3. The minimum Gasteiger partial charge on any atom is -0.480 e. The highest BCUT2D eigenvalue weighted by molar-refractivity contribution is 9.10. The zero-order chi connectivity index (χ0) is 13.8. The molecule has 0 aliphatic rings. The molecule has 0 saturated carbocycles. The number of halogens is 1. The van der Waals surface area contributed by atoms with E-state index in [1.807, 2.05) is 18.2 Å². The van der Waals surface area contributed by atoms with Gasteiger partial charge in [-0.25, -0.2) is 4.98 Å². The predicted molar refractivity (Wildman–Crippen MR) is 73.3 cm³/mol. The van der Waals surface area contributed by atoms with E-state index in [1.165, 1.54) is 20.4 Å². The van der Waals surface area contributed by atoms with Crippen molar-refractivity contribution in [3.05, 3.63) is 46.2 Å². The summed E-state index contributed by atoms with van der Waals surface area (Å²) in [5, 5.41) is 10.3. The van der Waals surface area contributed by atoms with Gasteiger partial charge in [-0.3, -0.25) is 0 Å². The number of methoxy groups -OCH3 is 2. The molecule has 1 heterocycles. The Labute approximate surface area is 119 Å². The molecule has 0 saturated heterocycles. The summed E-state index contributed by atoms with van der Waals surface area (Å²) in [5.74, 6) is 0.578. The van der Waals surface area contributed by atoms with E-state index in [0.717, 1.165) is 4.47 Å². The van der Waals surface area contributed by atoms with E-state index in [0.29, 0.717) is 17.1 Å². The Kier molecular flexibility index (Phi) is 4.34. The summed E-state index contributed by atoms with van der Waals surface area (Å²) >= 11 is 3.36. The molecule has 1 aromatic carbocycles. The van der Waals surface area contributed by atoms with Crippen molar-refractivity contribution < 1.29 is 14.6 Å². The van der Waals surface area contributed by atoms with E-state index in [1.54, 1.807) is 6.07 Å². The number of ether oxygens (including phenoxy) is 2. The number of benzene rings is 1. The van der Waals surface area contributed by atoms with E-state index in [4.69, 9.17) is 9.47 Å². The standard InChI is InChI=1S/C13H13BrN2O3/c1-18-10-7-15-11(13(16-10)19-2)12(17)8-4-3-5-9(14)6-8/h3-7,12,17H,1-2H3. The van der Waals surface area contributed by atoms with Crippen molar-refractivity contribution in [2.45, 2.75) is 6.10 Å². The van der Waals surface area contributed by atoms with Crippen LogP contribution in [-0.4, -0.2) is 29.3 Å². The molecule has 1 aromatic heterocycles. The average Bonchev–Trinajstić information content (AvgIpc) is 2.45. The van der Waals surface area contributed by atoms with Gasteiger partial charge in [0.1, 0.15) is 11.8 Å². The molecule has 100 valence electrons. The van der Waals surface area contributed by atoms with Crippen molar-refractivity contribution in [2.24, 2.45) is 0 Å². The third-order valence-electron chi connectivity index (χ3n) is 2.57. The van der Waals surface area contributed by atoms with Gasteiger partial charge in [-0.1, -0.05) is 28.1 Å². The quantitative estimate of drug-likeness (QED) is 0.935. The maximum absolute atomic E-state index is 10.3. The fraction of sp³-hybridized carbons (Fsp3) is 0.231. The zero-order valence-electron chi connectivity index (χ0n) is 10.5. The van der Waals surface area contributed by atoms with E-state index in [2.05, 4.69) is 25.9 Å². The molecule has 0 amide bonds. The van der Waals surface area contributed by atoms with Crippen LogP contribution < -0.4 is 9.47 Å². The van der Waals surface area contributed by atoms with Crippen LogP contribution >= 0.6 is 15.9 Å². The number of rotatable bonds is 4. The van der Waals surface area contributed by atoms with Gasteiger partial charge < -0.3 is 14.6 Å². The second-order valence-electron chi connectivity index (χ2n) is 3.76. The zero-order valence-corrected chi connectivity index (χ0v) is 12.1. The molecular formula is C13H13BrN2O3. The first-order valence-electron chi connectivity index (χ1n) is 5.54. The third-order valence-corrected chi connectivity index (χ3v) is 3.06. The van der Waals surface area contributed by atoms with Gasteiger partial charge in [-0.05, 0) is 17.7 Å². The van der Waals surface area contributed by atoms with Gasteiger partial charge in [-0.15, -0.1) is 0 Å². The number of aliphatic hydroxyl groups is 1. The van der Waals surface area contributed by atoms with Crippen molar-refractivity contribution in [1.82, 2.24) is 9.97 Å². The van der Waals surface area contributed by atoms with Crippen molar-refractivity contribution in [3.63, 3.8) is 0 Å². The minimum atomic E-state index is -0.911. The fourth-order valence-electron chi connectivity index (χ4n) is 1.64. The minimum absolute atomic E-state index is 0.242. The van der Waals surface area contributed by atoms with Crippen LogP contribution in [-0.2, 0) is 0 Å². The van der Waals surface area contributed by atoms with Crippen molar-refractivity contribution in [2.75, 3.05) is 14.2 Å². The highest BCUT2D eigenvalue weighted by Gasteiger charge is 2.19. The normalized spacial score (nSPS) is 12.0. The van der Waals surface area contributed by atoms with Crippen molar-refractivity contribution in [3.8, 4) is 11.8 Å². The molecule has 1 N–H and O–H groups in total. The molecule has 0 aliphatic carbocycles. The molecule has 2 aromatic rings. The van der Waals surface area contributed by atoms with Crippen LogP contribution in [0.1, 0.15) is 17.4 Å². The van der Waals surface area contributed by atoms with E-state index in [9.17, 15) is 5.11 Å². The summed E-state index contributed by atoms with van der Waals surface area (Å²) in [6.45, 7) is 0. The first-order chi connectivity index (χ1) is 9.15. The summed E-state index contributed by atoms with van der Waals surface area (Å²) in [6.07, 6.45) is 0.532. The summed E-state index contributed by atoms with van der Waals surface area (Å²) in [6, 6.07) is 7.34. The number of nitrogens with zero attached hydrogens (tertiary/aromatic N) is 2. The fourth-order valence-corrected chi connectivity index (χ4v) is 2.05. The average molecular weight is 325 g/mol. The molecule has 1 atom stereocenters. The second kappa shape index (κ2) is 5.99. The Hall–Kier alpha value is -1.66. The van der Waals surface area contributed by atoms with E-state index < -0.39 is 6.10 Å². The number of aromatic nitrogens is 2. The Morgan fingerprint density at radius 3 is 2.68 bits per heavy atom. The molecule has 0 radical (unpaired) electrons. The lowest BCUT2D eigenvalue weighted by Crippen LogP contribution is -2.07. The van der Waals surface area contributed by atoms with Crippen LogP contribution in [0.25, 0.3) is 0 Å². The summed E-state index contributed by atoms with van der Waals surface area (Å²) < 4.78 is 11.0. The van der Waals surface area contributed by atoms with Crippen LogP contribution in [0.15, 0.2) is 34.9 Å². The molecule has 0 spiro atoms. The second-order valence-corrected chi connectivity index (χ2v) is 4.68. The van der Waals surface area contributed by atoms with Crippen LogP contribution in [0, 0.1) is 0 Å². The molecule has 19 heavy (non-hydrogen) atoms. The Balaban J connectivity index is 2.40. The van der Waals surface area contributed by atoms with Gasteiger partial charge in [0.05, 0.1) is 20.4 Å². The molecule has 6 heteroatoms. The number of aliphatic hydroxyl groups excluding tert-OH is 1. The number of hydrogen-bond acceptors (Lipinski definition) is 5. The Morgan fingerprint density at radius 1 is 1.26 bits per heavy atom. The highest BCUT2D eigenvalue weighted by Crippen LogP contribution is 2.29. The van der Waals surface area contributed by atoms with E-state index in [-0.39, 0.29) is 5.88 Å². The van der Waals surface area contributed by atoms with Crippen molar-refractivity contribution >= 4 is 15.9 Å². The number of hydrogen-bond donors (Lipinski definition) is 1. The van der Waals surface area contributed by atoms with Crippen LogP contribution in [0.5, 0.6) is 11.8 Å². The largest absolute Gasteiger partial charge is 0.480 e. The van der Waals surface area contributed by atoms with Crippen LogP contribution in [0.3, 0.4) is 0 Å². The summed E-state index contributed by atoms with van der Waals surface area (Å²) in [4.78, 5) is 8.25. The van der Waals surface area contributed by atoms with Crippen molar-refractivity contribution in [1.29, 1.82) is 0 Å². The van der Waals surface area contributed by atoms with Gasteiger partial charge in [0, 0.05) is 4.47 Å². The molecule has 0 aliphatic heterocycles. The SMILES string of the molecule is COc1cnc(C(O)c2cccc(Br)c2)c(OC)n1. The molecule has 5 nitrogen and oxygen atoms in total. The molecular weight excluding hydrogens is 312 g/mol. The molecule has 2 rings (SSSR count). The predicted octanol–water partition coefficient (Wildman–Crippen LogP) is 2.34. The van der Waals surface area contributed by atoms with Crippen LogP contribution in [0.2, 0.25) is 0 Å². The monoisotopic (exact) mass is 324 g/mol. The lowest BCUT2D eigenvalue weighted by atomic mass is 10.1. The Morgan fingerprint density at radius 2 is 2.05 bits per heavy atom. The molecule has 0 bridgehead atoms. The van der Waals surface area contributed by atoms with Gasteiger partial charge in [0.25, 0.3) is 0 Å². The lowest BCUT2D eigenvalue weighted by Gasteiger charge is -2.14. The maximum Gasteiger partial charge on any atom is 0.241 e.